The zero-order valence-corrected chi connectivity index (χ0v) is 14.9. The molecule has 2 aromatic rings. The van der Waals surface area contributed by atoms with E-state index in [1.807, 2.05) is 31.2 Å². The van der Waals surface area contributed by atoms with Crippen molar-refractivity contribution in [1.29, 1.82) is 0 Å². The summed E-state index contributed by atoms with van der Waals surface area (Å²) in [7, 11) is 0. The minimum atomic E-state index is -0.944. The predicted octanol–water partition coefficient (Wildman–Crippen LogP) is 3.02. The van der Waals surface area contributed by atoms with E-state index >= 15 is 0 Å². The van der Waals surface area contributed by atoms with Crippen LogP contribution in [0.25, 0.3) is 5.69 Å². The molecule has 0 saturated carbocycles. The Balaban J connectivity index is 1.92. The monoisotopic (exact) mass is 391 g/mol. The molecule has 0 spiro atoms. The molecule has 1 saturated heterocycles. The molecule has 2 heterocycles. The highest BCUT2D eigenvalue weighted by Gasteiger charge is 2.33. The fourth-order valence-corrected chi connectivity index (χ4v) is 3.46. The first-order chi connectivity index (χ1) is 11.5. The van der Waals surface area contributed by atoms with Gasteiger partial charge < -0.3 is 10.0 Å². The van der Waals surface area contributed by atoms with Crippen LogP contribution in [0.1, 0.15) is 35.3 Å². The molecule has 24 heavy (non-hydrogen) atoms. The van der Waals surface area contributed by atoms with Crippen molar-refractivity contribution in [3.05, 3.63) is 46.2 Å². The van der Waals surface area contributed by atoms with Crippen molar-refractivity contribution in [3.63, 3.8) is 0 Å². The average Bonchev–Trinajstić information content (AvgIpc) is 2.95. The smallest absolute Gasteiger partial charge is 0.326 e. The van der Waals surface area contributed by atoms with Crippen molar-refractivity contribution in [1.82, 2.24) is 14.7 Å². The second-order valence-electron chi connectivity index (χ2n) is 5.88. The van der Waals surface area contributed by atoms with Gasteiger partial charge in [0.1, 0.15) is 6.04 Å². The summed E-state index contributed by atoms with van der Waals surface area (Å²) in [6.07, 6.45) is 3.68. The van der Waals surface area contributed by atoms with E-state index in [4.69, 9.17) is 0 Å². The zero-order chi connectivity index (χ0) is 17.3. The Bertz CT molecular complexity index is 787. The molecular formula is C17H18BrN3O3. The number of carboxylic acid groups (broad SMARTS) is 1. The maximum Gasteiger partial charge on any atom is 0.326 e. The highest BCUT2D eigenvalue weighted by molar-refractivity contribution is 9.10. The summed E-state index contributed by atoms with van der Waals surface area (Å²) in [5.74, 6) is -1.21. The van der Waals surface area contributed by atoms with Crippen molar-refractivity contribution >= 4 is 27.8 Å². The van der Waals surface area contributed by atoms with E-state index in [9.17, 15) is 14.7 Å². The normalized spacial score (nSPS) is 17.8. The van der Waals surface area contributed by atoms with E-state index in [0.29, 0.717) is 24.2 Å². The predicted molar refractivity (Wildman–Crippen MR) is 92.3 cm³/mol. The molecule has 7 heteroatoms. The fourth-order valence-electron chi connectivity index (χ4n) is 3.07. The SMILES string of the molecule is Cc1c(C(=O)N2CCCC[C@@H]2C(=O)O)cnn1-c1cccc(Br)c1. The van der Waals surface area contributed by atoms with Gasteiger partial charge in [0.2, 0.25) is 0 Å². The number of amides is 1. The van der Waals surface area contributed by atoms with E-state index in [1.165, 1.54) is 11.1 Å². The molecule has 1 atom stereocenters. The first-order valence-corrected chi connectivity index (χ1v) is 8.62. The van der Waals surface area contributed by atoms with Gasteiger partial charge in [0, 0.05) is 11.0 Å². The number of rotatable bonds is 3. The minimum absolute atomic E-state index is 0.263. The largest absolute Gasteiger partial charge is 0.480 e. The lowest BCUT2D eigenvalue weighted by atomic mass is 10.0. The minimum Gasteiger partial charge on any atom is -0.480 e. The number of carboxylic acids is 1. The molecule has 1 aromatic carbocycles. The fraction of sp³-hybridized carbons (Fsp3) is 0.353. The van der Waals surface area contributed by atoms with Crippen LogP contribution >= 0.6 is 15.9 Å². The summed E-state index contributed by atoms with van der Waals surface area (Å²) in [5, 5.41) is 13.7. The number of piperidine rings is 1. The van der Waals surface area contributed by atoms with Crippen molar-refractivity contribution in [2.75, 3.05) is 6.54 Å². The maximum atomic E-state index is 12.8. The molecule has 6 nitrogen and oxygen atoms in total. The molecule has 3 rings (SSSR count). The number of likely N-dealkylation sites (tertiary alicyclic amines) is 1. The lowest BCUT2D eigenvalue weighted by Gasteiger charge is -2.32. The van der Waals surface area contributed by atoms with Gasteiger partial charge in [0.15, 0.2) is 0 Å². The highest BCUT2D eigenvalue weighted by Crippen LogP contribution is 2.23. The Morgan fingerprint density at radius 2 is 2.12 bits per heavy atom. The average molecular weight is 392 g/mol. The van der Waals surface area contributed by atoms with E-state index in [-0.39, 0.29) is 5.91 Å². The number of nitrogens with zero attached hydrogens (tertiary/aromatic N) is 3. The Morgan fingerprint density at radius 3 is 2.83 bits per heavy atom. The molecule has 1 N–H and O–H groups in total. The molecule has 126 valence electrons. The van der Waals surface area contributed by atoms with Gasteiger partial charge in [0.05, 0.1) is 23.1 Å². The molecule has 0 aliphatic carbocycles. The van der Waals surface area contributed by atoms with E-state index in [0.717, 1.165) is 23.0 Å². The molecule has 1 aromatic heterocycles. The number of carbonyl (C=O) groups excluding carboxylic acids is 1. The number of halogens is 1. The molecule has 1 amide bonds. The number of hydrogen-bond donors (Lipinski definition) is 1. The van der Waals surface area contributed by atoms with Gasteiger partial charge in [-0.2, -0.15) is 5.10 Å². The van der Waals surface area contributed by atoms with Crippen LogP contribution in [-0.2, 0) is 4.79 Å². The standard InChI is InChI=1S/C17H18BrN3O3/c1-11-14(10-19-21(11)13-6-4-5-12(18)9-13)16(22)20-8-3-2-7-15(20)17(23)24/h4-6,9-10,15H,2-3,7-8H2,1H3,(H,23,24)/t15-/m1/s1. The summed E-state index contributed by atoms with van der Waals surface area (Å²) in [4.78, 5) is 25.7. The van der Waals surface area contributed by atoms with Gasteiger partial charge in [-0.25, -0.2) is 9.48 Å². The second kappa shape index (κ2) is 6.76. The van der Waals surface area contributed by atoms with Crippen molar-refractivity contribution in [3.8, 4) is 5.69 Å². The van der Waals surface area contributed by atoms with E-state index < -0.39 is 12.0 Å². The summed E-state index contributed by atoms with van der Waals surface area (Å²) in [6.45, 7) is 2.29. The number of aliphatic carboxylic acids is 1. The van der Waals surface area contributed by atoms with Gasteiger partial charge in [-0.3, -0.25) is 4.79 Å². The summed E-state index contributed by atoms with van der Waals surface area (Å²) >= 11 is 3.42. The third-order valence-corrected chi connectivity index (χ3v) is 4.83. The Hall–Kier alpha value is -2.15. The summed E-state index contributed by atoms with van der Waals surface area (Å²) < 4.78 is 2.61. The van der Waals surface area contributed by atoms with Gasteiger partial charge in [-0.1, -0.05) is 22.0 Å². The van der Waals surface area contributed by atoms with E-state index in [2.05, 4.69) is 21.0 Å². The van der Waals surface area contributed by atoms with Gasteiger partial charge in [-0.15, -0.1) is 0 Å². The summed E-state index contributed by atoms with van der Waals surface area (Å²) in [5.41, 5.74) is 1.99. The van der Waals surface area contributed by atoms with Crippen LogP contribution in [0.5, 0.6) is 0 Å². The van der Waals surface area contributed by atoms with Crippen LogP contribution in [0.4, 0.5) is 0 Å². The number of aromatic nitrogens is 2. The van der Waals surface area contributed by atoms with E-state index in [1.54, 1.807) is 4.68 Å². The van der Waals surface area contributed by atoms with Crippen molar-refractivity contribution in [2.45, 2.75) is 32.2 Å². The van der Waals surface area contributed by atoms with Crippen molar-refractivity contribution < 1.29 is 14.7 Å². The molecule has 0 unspecified atom stereocenters. The number of hydrogen-bond acceptors (Lipinski definition) is 3. The van der Waals surface area contributed by atoms with Crippen LogP contribution in [0, 0.1) is 6.92 Å². The topological polar surface area (TPSA) is 75.4 Å². The van der Waals surface area contributed by atoms with Crippen LogP contribution in [0.3, 0.4) is 0 Å². The first-order valence-electron chi connectivity index (χ1n) is 7.83. The Kier molecular flexibility index (Phi) is 4.71. The molecule has 1 aliphatic heterocycles. The molecule has 0 radical (unpaired) electrons. The number of benzene rings is 1. The maximum absolute atomic E-state index is 12.8. The molecule has 1 fully saturated rings. The second-order valence-corrected chi connectivity index (χ2v) is 6.80. The molecule has 1 aliphatic rings. The Labute approximate surface area is 148 Å². The lowest BCUT2D eigenvalue weighted by Crippen LogP contribution is -2.48. The lowest BCUT2D eigenvalue weighted by molar-refractivity contribution is -0.143. The van der Waals surface area contributed by atoms with Gasteiger partial charge in [-0.05, 0) is 44.4 Å². The van der Waals surface area contributed by atoms with Crippen LogP contribution in [0.2, 0.25) is 0 Å². The first kappa shape index (κ1) is 16.7. The highest BCUT2D eigenvalue weighted by atomic mass is 79.9. The molecule has 0 bridgehead atoms. The molecular weight excluding hydrogens is 374 g/mol. The van der Waals surface area contributed by atoms with Crippen molar-refractivity contribution in [2.24, 2.45) is 0 Å². The third-order valence-electron chi connectivity index (χ3n) is 4.34. The number of carbonyl (C=O) groups is 2. The van der Waals surface area contributed by atoms with Gasteiger partial charge in [0.25, 0.3) is 5.91 Å². The summed E-state index contributed by atoms with van der Waals surface area (Å²) in [6, 6.07) is 6.88. The van der Waals surface area contributed by atoms with Crippen LogP contribution in [0.15, 0.2) is 34.9 Å². The van der Waals surface area contributed by atoms with Crippen LogP contribution < -0.4 is 0 Å². The van der Waals surface area contributed by atoms with Crippen LogP contribution in [-0.4, -0.2) is 44.3 Å². The quantitative estimate of drug-likeness (QED) is 0.872. The zero-order valence-electron chi connectivity index (χ0n) is 13.3. The third kappa shape index (κ3) is 3.08. The Morgan fingerprint density at radius 1 is 1.33 bits per heavy atom. The van der Waals surface area contributed by atoms with Gasteiger partial charge >= 0.3 is 5.97 Å².